The van der Waals surface area contributed by atoms with E-state index in [1.165, 1.54) is 6.33 Å². The van der Waals surface area contributed by atoms with Gasteiger partial charge in [0.1, 0.15) is 12.1 Å². The van der Waals surface area contributed by atoms with Gasteiger partial charge in [0.25, 0.3) is 5.78 Å². The number of nitrogens with two attached hydrogens (primary N) is 1. The third kappa shape index (κ3) is 2.98. The Hall–Kier alpha value is -2.22. The summed E-state index contributed by atoms with van der Waals surface area (Å²) in [6.45, 7) is 8.61. The number of fused-ring (bicyclic) bond motifs is 1. The maximum Gasteiger partial charge on any atom is 0.254 e. The highest BCUT2D eigenvalue weighted by molar-refractivity contribution is 5.79. The van der Waals surface area contributed by atoms with Crippen LogP contribution in [0.15, 0.2) is 12.4 Å². The van der Waals surface area contributed by atoms with E-state index in [0.717, 1.165) is 24.6 Å². The van der Waals surface area contributed by atoms with Crippen LogP contribution < -0.4 is 10.6 Å². The second-order valence-corrected chi connectivity index (χ2v) is 6.19. The molecule has 0 radical (unpaired) electrons. The van der Waals surface area contributed by atoms with E-state index in [1.54, 1.807) is 4.52 Å². The van der Waals surface area contributed by atoms with Gasteiger partial charge in [-0.3, -0.25) is 4.79 Å². The summed E-state index contributed by atoms with van der Waals surface area (Å²) in [6, 6.07) is 1.88. The van der Waals surface area contributed by atoms with Crippen molar-refractivity contribution in [1.82, 2.24) is 24.5 Å². The number of hydrogen-bond donors (Lipinski definition) is 1. The van der Waals surface area contributed by atoms with Gasteiger partial charge in [0, 0.05) is 44.0 Å². The average molecular weight is 317 g/mol. The maximum absolute atomic E-state index is 12.4. The van der Waals surface area contributed by atoms with Gasteiger partial charge < -0.3 is 15.5 Å². The number of nitrogens with zero attached hydrogens (tertiary/aromatic N) is 6. The van der Waals surface area contributed by atoms with E-state index in [2.05, 4.69) is 20.0 Å². The van der Waals surface area contributed by atoms with Crippen molar-refractivity contribution in [2.45, 2.75) is 26.8 Å². The Bertz CT molecular complexity index is 703. The molecule has 23 heavy (non-hydrogen) atoms. The lowest BCUT2D eigenvalue weighted by molar-refractivity contribution is -0.135. The molecule has 2 unspecified atom stereocenters. The highest BCUT2D eigenvalue weighted by Crippen LogP contribution is 2.18. The topological polar surface area (TPSA) is 92.7 Å². The number of carbonyl (C=O) groups is 1. The fourth-order valence-electron chi connectivity index (χ4n) is 2.81. The third-order valence-corrected chi connectivity index (χ3v) is 4.45. The number of aryl methyl sites for hydroxylation is 1. The maximum atomic E-state index is 12.4. The summed E-state index contributed by atoms with van der Waals surface area (Å²) in [5.41, 5.74) is 6.75. The van der Waals surface area contributed by atoms with Crippen molar-refractivity contribution in [3.63, 3.8) is 0 Å². The summed E-state index contributed by atoms with van der Waals surface area (Å²) < 4.78 is 1.75. The first-order valence-electron chi connectivity index (χ1n) is 7.94. The normalized spacial score (nSPS) is 18.3. The van der Waals surface area contributed by atoms with E-state index in [9.17, 15) is 4.79 Å². The van der Waals surface area contributed by atoms with Gasteiger partial charge in [0.15, 0.2) is 0 Å². The van der Waals surface area contributed by atoms with Crippen molar-refractivity contribution >= 4 is 17.5 Å². The minimum atomic E-state index is -0.147. The van der Waals surface area contributed by atoms with Crippen molar-refractivity contribution < 1.29 is 4.79 Å². The van der Waals surface area contributed by atoms with Crippen molar-refractivity contribution in [3.8, 4) is 0 Å². The molecule has 0 spiro atoms. The van der Waals surface area contributed by atoms with Gasteiger partial charge >= 0.3 is 0 Å². The largest absolute Gasteiger partial charge is 0.353 e. The Morgan fingerprint density at radius 3 is 2.61 bits per heavy atom. The average Bonchev–Trinajstić information content (AvgIpc) is 3.01. The number of rotatable bonds is 3. The first-order chi connectivity index (χ1) is 11.0. The Morgan fingerprint density at radius 2 is 1.96 bits per heavy atom. The van der Waals surface area contributed by atoms with E-state index < -0.39 is 0 Å². The van der Waals surface area contributed by atoms with Crippen LogP contribution in [0, 0.1) is 12.8 Å². The highest BCUT2D eigenvalue weighted by atomic mass is 16.2. The first-order valence-corrected chi connectivity index (χ1v) is 7.94. The summed E-state index contributed by atoms with van der Waals surface area (Å²) in [7, 11) is 0. The molecule has 1 saturated heterocycles. The third-order valence-electron chi connectivity index (χ3n) is 4.45. The highest BCUT2D eigenvalue weighted by Gasteiger charge is 2.27. The minimum Gasteiger partial charge on any atom is -0.353 e. The lowest BCUT2D eigenvalue weighted by Gasteiger charge is -2.37. The molecule has 3 rings (SSSR count). The van der Waals surface area contributed by atoms with Crippen molar-refractivity contribution in [2.75, 3.05) is 31.1 Å². The number of carbonyl (C=O) groups excluding carboxylic acids is 1. The first kappa shape index (κ1) is 15.7. The molecule has 2 aromatic heterocycles. The molecular weight excluding hydrogens is 294 g/mol. The lowest BCUT2D eigenvalue weighted by Crippen LogP contribution is -2.52. The molecule has 0 aromatic carbocycles. The Kier molecular flexibility index (Phi) is 4.16. The molecule has 1 fully saturated rings. The Labute approximate surface area is 135 Å². The van der Waals surface area contributed by atoms with Gasteiger partial charge in [-0.15, -0.1) is 0 Å². The standard InChI is InChI=1S/C15H23N7O/c1-10-8-13(22-15(19-10)17-9-18-22)20-4-6-21(7-5-20)14(23)11(2)12(3)16/h8-9,11-12H,4-7,16H2,1-3H3. The zero-order chi connectivity index (χ0) is 16.6. The van der Waals surface area contributed by atoms with E-state index in [4.69, 9.17) is 5.73 Å². The fourth-order valence-corrected chi connectivity index (χ4v) is 2.81. The van der Waals surface area contributed by atoms with Gasteiger partial charge in [-0.25, -0.2) is 4.98 Å². The van der Waals surface area contributed by atoms with Gasteiger partial charge in [0.2, 0.25) is 5.91 Å². The van der Waals surface area contributed by atoms with Crippen LogP contribution in [0.3, 0.4) is 0 Å². The Morgan fingerprint density at radius 1 is 1.26 bits per heavy atom. The molecule has 1 aliphatic heterocycles. The van der Waals surface area contributed by atoms with E-state index in [-0.39, 0.29) is 17.9 Å². The molecule has 3 heterocycles. The zero-order valence-electron chi connectivity index (χ0n) is 13.8. The van der Waals surface area contributed by atoms with Gasteiger partial charge in [-0.2, -0.15) is 14.6 Å². The minimum absolute atomic E-state index is 0.127. The fraction of sp³-hybridized carbons (Fsp3) is 0.600. The van der Waals surface area contributed by atoms with Crippen LogP contribution in [-0.2, 0) is 4.79 Å². The SMILES string of the molecule is Cc1cc(N2CCN(C(=O)C(C)C(C)N)CC2)n2ncnc2n1. The summed E-state index contributed by atoms with van der Waals surface area (Å²) in [4.78, 5) is 25.0. The molecule has 2 N–H and O–H groups in total. The van der Waals surface area contributed by atoms with Crippen molar-refractivity contribution in [3.05, 3.63) is 18.1 Å². The number of anilines is 1. The monoisotopic (exact) mass is 317 g/mol. The van der Waals surface area contributed by atoms with Crippen molar-refractivity contribution in [2.24, 2.45) is 11.7 Å². The number of piperazine rings is 1. The van der Waals surface area contributed by atoms with Crippen LogP contribution in [0.5, 0.6) is 0 Å². The second kappa shape index (κ2) is 6.11. The smallest absolute Gasteiger partial charge is 0.254 e. The second-order valence-electron chi connectivity index (χ2n) is 6.19. The van der Waals surface area contributed by atoms with Crippen LogP contribution >= 0.6 is 0 Å². The zero-order valence-corrected chi connectivity index (χ0v) is 13.8. The van der Waals surface area contributed by atoms with Crippen molar-refractivity contribution in [1.29, 1.82) is 0 Å². The number of hydrogen-bond acceptors (Lipinski definition) is 6. The van der Waals surface area contributed by atoms with Crippen LogP contribution in [-0.4, -0.2) is 62.6 Å². The summed E-state index contributed by atoms with van der Waals surface area (Å²) in [5, 5.41) is 4.24. The quantitative estimate of drug-likeness (QED) is 0.861. The number of amides is 1. The summed E-state index contributed by atoms with van der Waals surface area (Å²) >= 11 is 0. The molecule has 1 aliphatic rings. The lowest BCUT2D eigenvalue weighted by atomic mass is 10.0. The molecular formula is C15H23N7O. The van der Waals surface area contributed by atoms with Crippen LogP contribution in [0.4, 0.5) is 5.82 Å². The summed E-state index contributed by atoms with van der Waals surface area (Å²) in [6.07, 6.45) is 1.51. The van der Waals surface area contributed by atoms with E-state index >= 15 is 0 Å². The van der Waals surface area contributed by atoms with Gasteiger partial charge in [0.05, 0.1) is 5.92 Å². The predicted molar refractivity (Wildman–Crippen MR) is 87.1 cm³/mol. The molecule has 0 bridgehead atoms. The molecule has 0 saturated carbocycles. The van der Waals surface area contributed by atoms with E-state index in [1.807, 2.05) is 31.7 Å². The molecule has 8 heteroatoms. The predicted octanol–water partition coefficient (Wildman–Crippen LogP) is 0.0646. The van der Waals surface area contributed by atoms with E-state index in [0.29, 0.717) is 18.9 Å². The molecule has 124 valence electrons. The molecule has 1 amide bonds. The molecule has 0 aliphatic carbocycles. The molecule has 2 atom stereocenters. The van der Waals surface area contributed by atoms with Crippen LogP contribution in [0.2, 0.25) is 0 Å². The van der Waals surface area contributed by atoms with Gasteiger partial charge in [-0.1, -0.05) is 6.92 Å². The van der Waals surface area contributed by atoms with Gasteiger partial charge in [-0.05, 0) is 13.8 Å². The molecule has 2 aromatic rings. The molecule has 8 nitrogen and oxygen atoms in total. The van der Waals surface area contributed by atoms with Crippen LogP contribution in [0.1, 0.15) is 19.5 Å². The number of aromatic nitrogens is 4. The Balaban J connectivity index is 1.74. The summed E-state index contributed by atoms with van der Waals surface area (Å²) in [5.74, 6) is 1.56. The van der Waals surface area contributed by atoms with Crippen LogP contribution in [0.25, 0.3) is 5.78 Å².